The molecule has 0 spiro atoms. The van der Waals surface area contributed by atoms with Gasteiger partial charge in [-0.1, -0.05) is 0 Å². The van der Waals surface area contributed by atoms with Gasteiger partial charge in [-0.05, 0) is 63.9 Å². The van der Waals surface area contributed by atoms with Gasteiger partial charge in [0.2, 0.25) is 0 Å². The molecule has 1 aliphatic carbocycles. The Bertz CT molecular complexity index is 471. The number of hydrogen-bond donors (Lipinski definition) is 0. The average molecular weight is 278 g/mol. The Labute approximate surface area is 121 Å². The van der Waals surface area contributed by atoms with Crippen LogP contribution in [0.3, 0.4) is 0 Å². The van der Waals surface area contributed by atoms with Crippen LogP contribution in [0.5, 0.6) is 0 Å². The molecule has 4 nitrogen and oxygen atoms in total. The summed E-state index contributed by atoms with van der Waals surface area (Å²) >= 11 is 0. The van der Waals surface area contributed by atoms with Crippen molar-refractivity contribution >= 4 is 5.97 Å². The summed E-state index contributed by atoms with van der Waals surface area (Å²) in [5, 5.41) is 4.52. The Morgan fingerprint density at radius 3 is 2.45 bits per heavy atom. The molecule has 1 aromatic rings. The van der Waals surface area contributed by atoms with Gasteiger partial charge in [0.05, 0.1) is 12.3 Å². The maximum absolute atomic E-state index is 11.5. The van der Waals surface area contributed by atoms with Gasteiger partial charge in [-0.2, -0.15) is 5.10 Å². The summed E-state index contributed by atoms with van der Waals surface area (Å²) in [6, 6.07) is 0. The van der Waals surface area contributed by atoms with E-state index in [4.69, 9.17) is 4.74 Å². The van der Waals surface area contributed by atoms with E-state index in [2.05, 4.69) is 18.9 Å². The molecule has 0 aromatic carbocycles. The molecule has 1 saturated carbocycles. The summed E-state index contributed by atoms with van der Waals surface area (Å²) in [6.45, 7) is 6.61. The second-order valence-corrected chi connectivity index (χ2v) is 5.93. The lowest BCUT2D eigenvalue weighted by Gasteiger charge is -2.28. The zero-order valence-electron chi connectivity index (χ0n) is 13.1. The molecule has 1 aliphatic rings. The predicted octanol–water partition coefficient (Wildman–Crippen LogP) is 3.26. The molecule has 0 unspecified atom stereocenters. The van der Waals surface area contributed by atoms with E-state index < -0.39 is 0 Å². The van der Waals surface area contributed by atoms with Crippen molar-refractivity contribution in [1.29, 1.82) is 0 Å². The number of ether oxygens (including phenoxy) is 1. The fraction of sp³-hybridized carbons (Fsp3) is 0.750. The molecular formula is C16H26N2O2. The van der Waals surface area contributed by atoms with Crippen LogP contribution in [-0.4, -0.2) is 22.4 Å². The van der Waals surface area contributed by atoms with Crippen molar-refractivity contribution in [3.63, 3.8) is 0 Å². The Kier molecular flexibility index (Phi) is 4.84. The number of nitrogens with zero attached hydrogens (tertiary/aromatic N) is 2. The van der Waals surface area contributed by atoms with E-state index in [1.165, 1.54) is 17.0 Å². The lowest BCUT2D eigenvalue weighted by Crippen LogP contribution is -2.18. The van der Waals surface area contributed by atoms with Crippen LogP contribution in [0.25, 0.3) is 0 Å². The first-order valence-corrected chi connectivity index (χ1v) is 7.68. The third-order valence-corrected chi connectivity index (χ3v) is 4.58. The standard InChI is InChI=1S/C16H26N2O2/c1-5-20-15(19)10-13-6-8-14(9-7-13)16-11(2)17-18(4)12(16)3/h13-14H,5-10H2,1-4H3. The molecule has 0 atom stereocenters. The van der Waals surface area contributed by atoms with Crippen LogP contribution in [0.15, 0.2) is 0 Å². The highest BCUT2D eigenvalue weighted by molar-refractivity contribution is 5.69. The van der Waals surface area contributed by atoms with Crippen LogP contribution in [0.4, 0.5) is 0 Å². The quantitative estimate of drug-likeness (QED) is 0.794. The topological polar surface area (TPSA) is 44.1 Å². The van der Waals surface area contributed by atoms with Crippen LogP contribution in [-0.2, 0) is 16.6 Å². The summed E-state index contributed by atoms with van der Waals surface area (Å²) in [5.74, 6) is 1.08. The number of aromatic nitrogens is 2. The maximum Gasteiger partial charge on any atom is 0.306 e. The summed E-state index contributed by atoms with van der Waals surface area (Å²) in [4.78, 5) is 11.5. The minimum atomic E-state index is -0.0373. The molecule has 0 N–H and O–H groups in total. The fourth-order valence-electron chi connectivity index (χ4n) is 3.49. The SMILES string of the molecule is CCOC(=O)CC1CCC(c2c(C)nn(C)c2C)CC1. The summed E-state index contributed by atoms with van der Waals surface area (Å²) < 4.78 is 7.03. The van der Waals surface area contributed by atoms with Gasteiger partial charge in [0, 0.05) is 19.2 Å². The van der Waals surface area contributed by atoms with Crippen molar-refractivity contribution in [2.24, 2.45) is 13.0 Å². The van der Waals surface area contributed by atoms with E-state index >= 15 is 0 Å². The zero-order chi connectivity index (χ0) is 14.7. The molecule has 0 bridgehead atoms. The number of carbonyl (C=O) groups excluding carboxylic acids is 1. The van der Waals surface area contributed by atoms with Gasteiger partial charge in [0.1, 0.15) is 0 Å². The van der Waals surface area contributed by atoms with E-state index in [1.54, 1.807) is 0 Å². The zero-order valence-corrected chi connectivity index (χ0v) is 13.1. The lowest BCUT2D eigenvalue weighted by atomic mass is 9.77. The Morgan fingerprint density at radius 1 is 1.30 bits per heavy atom. The van der Waals surface area contributed by atoms with Gasteiger partial charge >= 0.3 is 5.97 Å². The second-order valence-electron chi connectivity index (χ2n) is 5.93. The van der Waals surface area contributed by atoms with Crippen LogP contribution in [0, 0.1) is 19.8 Å². The Balaban J connectivity index is 1.93. The van der Waals surface area contributed by atoms with Crippen molar-refractivity contribution in [3.05, 3.63) is 17.0 Å². The monoisotopic (exact) mass is 278 g/mol. The molecule has 1 heterocycles. The maximum atomic E-state index is 11.5. The number of carbonyl (C=O) groups is 1. The average Bonchev–Trinajstić information content (AvgIpc) is 2.65. The van der Waals surface area contributed by atoms with E-state index in [0.717, 1.165) is 25.7 Å². The van der Waals surface area contributed by atoms with Crippen molar-refractivity contribution < 1.29 is 9.53 Å². The largest absolute Gasteiger partial charge is 0.466 e. The molecular weight excluding hydrogens is 252 g/mol. The van der Waals surface area contributed by atoms with Crippen molar-refractivity contribution in [1.82, 2.24) is 9.78 Å². The molecule has 0 amide bonds. The number of aryl methyl sites for hydroxylation is 2. The highest BCUT2D eigenvalue weighted by Gasteiger charge is 2.27. The molecule has 20 heavy (non-hydrogen) atoms. The van der Waals surface area contributed by atoms with Gasteiger partial charge in [-0.25, -0.2) is 0 Å². The van der Waals surface area contributed by atoms with Crippen molar-refractivity contribution in [2.45, 2.75) is 58.8 Å². The normalized spacial score (nSPS) is 22.8. The molecule has 0 radical (unpaired) electrons. The van der Waals surface area contributed by atoms with Gasteiger partial charge in [0.25, 0.3) is 0 Å². The first-order chi connectivity index (χ1) is 9.52. The van der Waals surface area contributed by atoms with E-state index in [1.807, 2.05) is 18.7 Å². The number of hydrogen-bond acceptors (Lipinski definition) is 3. The van der Waals surface area contributed by atoms with E-state index in [0.29, 0.717) is 24.9 Å². The minimum Gasteiger partial charge on any atom is -0.466 e. The van der Waals surface area contributed by atoms with E-state index in [-0.39, 0.29) is 5.97 Å². The highest BCUT2D eigenvalue weighted by Crippen LogP contribution is 2.39. The molecule has 2 rings (SSSR count). The summed E-state index contributed by atoms with van der Waals surface area (Å²) in [5.41, 5.74) is 3.89. The molecule has 4 heteroatoms. The summed E-state index contributed by atoms with van der Waals surface area (Å²) in [6.07, 6.45) is 5.16. The third kappa shape index (κ3) is 3.22. The smallest absolute Gasteiger partial charge is 0.306 e. The Hall–Kier alpha value is -1.32. The molecule has 0 aliphatic heterocycles. The van der Waals surface area contributed by atoms with Crippen LogP contribution in [0.2, 0.25) is 0 Å². The van der Waals surface area contributed by atoms with Crippen molar-refractivity contribution in [3.8, 4) is 0 Å². The van der Waals surface area contributed by atoms with Gasteiger partial charge in [-0.15, -0.1) is 0 Å². The van der Waals surface area contributed by atoms with Crippen LogP contribution >= 0.6 is 0 Å². The Morgan fingerprint density at radius 2 is 1.95 bits per heavy atom. The predicted molar refractivity (Wildman–Crippen MR) is 78.6 cm³/mol. The second kappa shape index (κ2) is 6.42. The number of esters is 1. The molecule has 1 fully saturated rings. The molecule has 112 valence electrons. The van der Waals surface area contributed by atoms with Gasteiger partial charge < -0.3 is 4.74 Å². The highest BCUT2D eigenvalue weighted by atomic mass is 16.5. The van der Waals surface area contributed by atoms with E-state index in [9.17, 15) is 4.79 Å². The first kappa shape index (κ1) is 15.1. The van der Waals surface area contributed by atoms with Crippen molar-refractivity contribution in [2.75, 3.05) is 6.61 Å². The molecule has 0 saturated heterocycles. The van der Waals surface area contributed by atoms with Crippen LogP contribution < -0.4 is 0 Å². The molecule has 1 aromatic heterocycles. The van der Waals surface area contributed by atoms with Gasteiger partial charge in [0.15, 0.2) is 0 Å². The number of rotatable bonds is 4. The third-order valence-electron chi connectivity index (χ3n) is 4.58. The lowest BCUT2D eigenvalue weighted by molar-refractivity contribution is -0.144. The fourth-order valence-corrected chi connectivity index (χ4v) is 3.49. The van der Waals surface area contributed by atoms with Crippen LogP contribution in [0.1, 0.15) is 61.9 Å². The minimum absolute atomic E-state index is 0.0373. The van der Waals surface area contributed by atoms with Gasteiger partial charge in [-0.3, -0.25) is 9.48 Å². The summed E-state index contributed by atoms with van der Waals surface area (Å²) in [7, 11) is 2.01. The first-order valence-electron chi connectivity index (χ1n) is 7.68.